The van der Waals surface area contributed by atoms with Crippen LogP contribution in [0.4, 0.5) is 14.5 Å². The Morgan fingerprint density at radius 3 is 2.68 bits per heavy atom. The molecule has 0 saturated heterocycles. The van der Waals surface area contributed by atoms with Gasteiger partial charge in [-0.2, -0.15) is 0 Å². The van der Waals surface area contributed by atoms with Crippen LogP contribution in [0.15, 0.2) is 41.8 Å². The Hall–Kier alpha value is -2.47. The van der Waals surface area contributed by atoms with Gasteiger partial charge in [0.2, 0.25) is 0 Å². The Kier molecular flexibility index (Phi) is 3.72. The van der Waals surface area contributed by atoms with Crippen molar-refractivity contribution in [3.8, 4) is 27.6 Å². The molecule has 1 aliphatic heterocycles. The minimum absolute atomic E-state index is 0.0834. The van der Waals surface area contributed by atoms with Crippen LogP contribution in [0, 0.1) is 11.6 Å². The van der Waals surface area contributed by atoms with Gasteiger partial charge in [-0.25, -0.2) is 13.8 Å². The van der Waals surface area contributed by atoms with Gasteiger partial charge < -0.3 is 10.1 Å². The molecule has 0 unspecified atom stereocenters. The average molecular weight is 358 g/mol. The van der Waals surface area contributed by atoms with Crippen LogP contribution < -0.4 is 10.1 Å². The topological polar surface area (TPSA) is 34.2 Å². The first-order valence-electron chi connectivity index (χ1n) is 7.90. The molecule has 6 heteroatoms. The molecule has 3 aromatic rings. The molecule has 25 heavy (non-hydrogen) atoms. The summed E-state index contributed by atoms with van der Waals surface area (Å²) in [6, 6.07) is 9.56. The first kappa shape index (κ1) is 16.0. The average Bonchev–Trinajstić information content (AvgIpc) is 3.03. The van der Waals surface area contributed by atoms with E-state index in [1.807, 2.05) is 32.0 Å². The molecule has 0 saturated carbocycles. The maximum Gasteiger partial charge on any atom is 0.143 e. The molecule has 2 heterocycles. The van der Waals surface area contributed by atoms with Gasteiger partial charge in [-0.3, -0.25) is 0 Å². The number of halogens is 2. The highest BCUT2D eigenvalue weighted by atomic mass is 32.1. The van der Waals surface area contributed by atoms with Gasteiger partial charge in [0.15, 0.2) is 0 Å². The molecule has 0 aliphatic carbocycles. The van der Waals surface area contributed by atoms with Crippen LogP contribution in [-0.4, -0.2) is 17.1 Å². The fourth-order valence-corrected chi connectivity index (χ4v) is 3.66. The molecular weight excluding hydrogens is 342 g/mol. The Morgan fingerprint density at radius 1 is 1.16 bits per heavy atom. The van der Waals surface area contributed by atoms with Gasteiger partial charge in [0.1, 0.15) is 28.0 Å². The van der Waals surface area contributed by atoms with E-state index < -0.39 is 11.6 Å². The van der Waals surface area contributed by atoms with E-state index in [9.17, 15) is 8.78 Å². The van der Waals surface area contributed by atoms with Gasteiger partial charge in [0.05, 0.1) is 23.5 Å². The van der Waals surface area contributed by atoms with Crippen LogP contribution in [0.3, 0.4) is 0 Å². The SMILES string of the molecule is CC1(C)CNc2cc(-c3csc(-c4c(F)cccc4F)n3)ccc2O1. The van der Waals surface area contributed by atoms with E-state index in [2.05, 4.69) is 10.3 Å². The van der Waals surface area contributed by atoms with Crippen LogP contribution in [0.5, 0.6) is 5.75 Å². The fourth-order valence-electron chi connectivity index (χ4n) is 2.78. The number of anilines is 1. The van der Waals surface area contributed by atoms with Crippen molar-refractivity contribution in [2.45, 2.75) is 19.4 Å². The maximum atomic E-state index is 13.9. The number of nitrogens with one attached hydrogen (secondary N) is 1. The van der Waals surface area contributed by atoms with Crippen LogP contribution >= 0.6 is 11.3 Å². The minimum Gasteiger partial charge on any atom is -0.484 e. The number of aromatic nitrogens is 1. The van der Waals surface area contributed by atoms with Gasteiger partial charge >= 0.3 is 0 Å². The molecule has 4 rings (SSSR count). The first-order valence-corrected chi connectivity index (χ1v) is 8.78. The fraction of sp³-hybridized carbons (Fsp3) is 0.211. The number of ether oxygens (including phenoxy) is 1. The first-order chi connectivity index (χ1) is 11.9. The molecule has 3 nitrogen and oxygen atoms in total. The van der Waals surface area contributed by atoms with Crippen LogP contribution in [0.25, 0.3) is 21.8 Å². The largest absolute Gasteiger partial charge is 0.484 e. The van der Waals surface area contributed by atoms with Crippen molar-refractivity contribution in [3.05, 3.63) is 53.4 Å². The van der Waals surface area contributed by atoms with Gasteiger partial charge in [0.25, 0.3) is 0 Å². The lowest BCUT2D eigenvalue weighted by Gasteiger charge is -2.33. The highest BCUT2D eigenvalue weighted by Crippen LogP contribution is 2.38. The molecule has 0 bridgehead atoms. The summed E-state index contributed by atoms with van der Waals surface area (Å²) < 4.78 is 33.8. The lowest BCUT2D eigenvalue weighted by molar-refractivity contribution is 0.116. The Balaban J connectivity index is 1.70. The van der Waals surface area contributed by atoms with Crippen molar-refractivity contribution >= 4 is 17.0 Å². The number of nitrogens with zero attached hydrogens (tertiary/aromatic N) is 1. The maximum absolute atomic E-state index is 13.9. The quantitative estimate of drug-likeness (QED) is 0.671. The van der Waals surface area contributed by atoms with E-state index in [1.54, 1.807) is 5.38 Å². The predicted molar refractivity (Wildman–Crippen MR) is 96.1 cm³/mol. The minimum atomic E-state index is -0.608. The Labute approximate surface area is 148 Å². The zero-order chi connectivity index (χ0) is 17.6. The zero-order valence-electron chi connectivity index (χ0n) is 13.8. The smallest absolute Gasteiger partial charge is 0.143 e. The van der Waals surface area contributed by atoms with E-state index >= 15 is 0 Å². The standard InChI is InChI=1S/C19H16F2N2OS/c1-19(2)10-22-14-8-11(6-7-16(14)24-19)15-9-25-18(23-15)17-12(20)4-3-5-13(17)21/h3-9,22H,10H2,1-2H3. The van der Waals surface area contributed by atoms with Crippen molar-refractivity contribution in [2.75, 3.05) is 11.9 Å². The second kappa shape index (κ2) is 5.81. The van der Waals surface area contributed by atoms with E-state index in [1.165, 1.54) is 29.5 Å². The Morgan fingerprint density at radius 2 is 1.92 bits per heavy atom. The number of rotatable bonds is 2. The molecule has 0 atom stereocenters. The normalized spacial score (nSPS) is 15.2. The summed E-state index contributed by atoms with van der Waals surface area (Å²) in [7, 11) is 0. The third-order valence-electron chi connectivity index (χ3n) is 4.05. The summed E-state index contributed by atoms with van der Waals surface area (Å²) >= 11 is 1.22. The molecule has 0 radical (unpaired) electrons. The molecule has 0 amide bonds. The lowest BCUT2D eigenvalue weighted by Crippen LogP contribution is -2.39. The molecule has 128 valence electrons. The second-order valence-corrected chi connectivity index (χ2v) is 7.42. The van der Waals surface area contributed by atoms with Gasteiger partial charge in [-0.05, 0) is 44.2 Å². The molecule has 1 aliphatic rings. The van der Waals surface area contributed by atoms with Gasteiger partial charge in [-0.15, -0.1) is 11.3 Å². The van der Waals surface area contributed by atoms with E-state index in [0.717, 1.165) is 17.0 Å². The summed E-state index contributed by atoms with van der Waals surface area (Å²) in [5, 5.41) is 5.48. The third kappa shape index (κ3) is 2.98. The van der Waals surface area contributed by atoms with Crippen LogP contribution in [0.1, 0.15) is 13.8 Å². The van der Waals surface area contributed by atoms with Gasteiger partial charge in [-0.1, -0.05) is 6.07 Å². The van der Waals surface area contributed by atoms with Crippen LogP contribution in [0.2, 0.25) is 0 Å². The molecule has 0 fully saturated rings. The van der Waals surface area contributed by atoms with E-state index in [0.29, 0.717) is 17.2 Å². The van der Waals surface area contributed by atoms with Crippen molar-refractivity contribution in [1.82, 2.24) is 4.98 Å². The van der Waals surface area contributed by atoms with Crippen molar-refractivity contribution in [1.29, 1.82) is 0 Å². The molecule has 0 spiro atoms. The molecule has 1 aromatic heterocycles. The van der Waals surface area contributed by atoms with E-state index in [4.69, 9.17) is 4.74 Å². The number of hydrogen-bond donors (Lipinski definition) is 1. The molecular formula is C19H16F2N2OS. The number of hydrogen-bond acceptors (Lipinski definition) is 4. The van der Waals surface area contributed by atoms with Crippen molar-refractivity contribution in [3.63, 3.8) is 0 Å². The zero-order valence-corrected chi connectivity index (χ0v) is 14.6. The van der Waals surface area contributed by atoms with Crippen molar-refractivity contribution < 1.29 is 13.5 Å². The number of fused-ring (bicyclic) bond motifs is 1. The summed E-state index contributed by atoms with van der Waals surface area (Å²) in [4.78, 5) is 4.42. The van der Waals surface area contributed by atoms with Crippen molar-refractivity contribution in [2.24, 2.45) is 0 Å². The molecule has 2 aromatic carbocycles. The van der Waals surface area contributed by atoms with Crippen LogP contribution in [-0.2, 0) is 0 Å². The highest BCUT2D eigenvalue weighted by Gasteiger charge is 2.26. The second-order valence-electron chi connectivity index (χ2n) is 6.56. The van der Waals surface area contributed by atoms with E-state index in [-0.39, 0.29) is 11.2 Å². The Bertz CT molecular complexity index is 932. The third-order valence-corrected chi connectivity index (χ3v) is 4.91. The monoisotopic (exact) mass is 358 g/mol. The summed E-state index contributed by atoms with van der Waals surface area (Å²) in [6.45, 7) is 4.74. The summed E-state index contributed by atoms with van der Waals surface area (Å²) in [6.07, 6.45) is 0. The molecule has 1 N–H and O–H groups in total. The summed E-state index contributed by atoms with van der Waals surface area (Å²) in [5.74, 6) is -0.428. The highest BCUT2D eigenvalue weighted by molar-refractivity contribution is 7.13. The summed E-state index contributed by atoms with van der Waals surface area (Å²) in [5.41, 5.74) is 2.10. The number of benzene rings is 2. The predicted octanol–water partition coefficient (Wildman–Crippen LogP) is 5.34. The number of thiazole rings is 1. The van der Waals surface area contributed by atoms with Gasteiger partial charge in [0, 0.05) is 10.9 Å². The lowest BCUT2D eigenvalue weighted by atomic mass is 10.1.